The number of Topliss-reactive ketones (excluding diaryl/α,β-unsaturated/α-hetero) is 1. The van der Waals surface area contributed by atoms with Crippen molar-refractivity contribution in [2.24, 2.45) is 35.3 Å². The van der Waals surface area contributed by atoms with Gasteiger partial charge >= 0.3 is 12.0 Å². The average Bonchev–Trinajstić information content (AvgIpc) is 3.40. The third-order valence-electron chi connectivity index (χ3n) is 14.5. The summed E-state index contributed by atoms with van der Waals surface area (Å²) in [6, 6.07) is -2.88. The summed E-state index contributed by atoms with van der Waals surface area (Å²) in [5.41, 5.74) is 8.34. The van der Waals surface area contributed by atoms with E-state index in [0.717, 1.165) is 9.91 Å². The van der Waals surface area contributed by atoms with E-state index in [4.69, 9.17) is 22.1 Å². The van der Waals surface area contributed by atoms with Gasteiger partial charge in [-0.15, -0.1) is 11.6 Å². The van der Waals surface area contributed by atoms with Crippen LogP contribution in [0.25, 0.3) is 0 Å². The van der Waals surface area contributed by atoms with E-state index in [0.29, 0.717) is 24.8 Å². The molecule has 454 valence electrons. The maximum Gasteiger partial charge on any atom is 0.338 e. The van der Waals surface area contributed by atoms with Crippen molar-refractivity contribution >= 4 is 83.1 Å². The number of ether oxygens (including phenoxy) is 1. The minimum Gasteiger partial charge on any atom is -0.459 e. The van der Waals surface area contributed by atoms with Gasteiger partial charge in [0.2, 0.25) is 53.7 Å². The predicted octanol–water partition coefficient (Wildman–Crippen LogP) is -0.803. The number of hydrogen-bond acceptors (Lipinski definition) is 15. The number of carbonyl (C=O) groups excluding carboxylic acids is 12. The molecule has 2 rings (SSSR count). The summed E-state index contributed by atoms with van der Waals surface area (Å²) in [6.07, 6.45) is -6.35. The highest BCUT2D eigenvalue weighted by atomic mass is 35.5. The molecule has 11 amide bonds. The van der Waals surface area contributed by atoms with E-state index >= 15 is 0 Å². The number of nitrogens with two attached hydrogens (primary N) is 1. The zero-order valence-corrected chi connectivity index (χ0v) is 49.2. The van der Waals surface area contributed by atoms with Crippen LogP contribution in [0.2, 0.25) is 0 Å². The Morgan fingerprint density at radius 2 is 1.44 bits per heavy atom. The van der Waals surface area contributed by atoms with Gasteiger partial charge in [-0.25, -0.2) is 14.6 Å². The highest BCUT2D eigenvalue weighted by Gasteiger charge is 2.41. The zero-order valence-electron chi connectivity index (χ0n) is 48.4. The molecule has 12 N–H and O–H groups in total. The molecule has 1 saturated heterocycles. The van der Waals surface area contributed by atoms with Gasteiger partial charge in [0.1, 0.15) is 36.3 Å². The Morgan fingerprint density at radius 1 is 0.827 bits per heavy atom. The topological polar surface area (TPSA) is 383 Å². The third-order valence-corrected chi connectivity index (χ3v) is 14.9. The number of urea groups is 1. The highest BCUT2D eigenvalue weighted by molar-refractivity contribution is 6.20. The number of primary amides is 1. The monoisotopic (exact) mass is 1160 g/mol. The van der Waals surface area contributed by atoms with Crippen LogP contribution in [0.5, 0.6) is 0 Å². The first-order valence-corrected chi connectivity index (χ1v) is 27.7. The van der Waals surface area contributed by atoms with Crippen LogP contribution in [0, 0.1) is 29.6 Å². The molecular formula is C54H86ClN11O15. The lowest BCUT2D eigenvalue weighted by Crippen LogP contribution is -2.61. The van der Waals surface area contributed by atoms with Gasteiger partial charge in [0, 0.05) is 44.7 Å². The maximum atomic E-state index is 14.6. The third kappa shape index (κ3) is 21.8. The van der Waals surface area contributed by atoms with E-state index in [1.165, 1.54) is 27.9 Å². The van der Waals surface area contributed by atoms with Gasteiger partial charge in [-0.3, -0.25) is 53.4 Å². The second-order valence-electron chi connectivity index (χ2n) is 21.3. The average molecular weight is 1160 g/mol. The Hall–Kier alpha value is -6.93. The van der Waals surface area contributed by atoms with Crippen LogP contribution >= 0.6 is 11.6 Å². The summed E-state index contributed by atoms with van der Waals surface area (Å²) >= 11 is 6.56. The number of hydrogen-bond donors (Lipinski definition) is 11. The number of esters is 1. The van der Waals surface area contributed by atoms with Gasteiger partial charge in [0.15, 0.2) is 5.78 Å². The molecule has 26 nitrogen and oxygen atoms in total. The number of cyclic esters (lactones) is 1. The number of amides is 11. The molecule has 1 aliphatic rings. The largest absolute Gasteiger partial charge is 0.459 e. The number of nitrogens with zero attached hydrogens (tertiary/aromatic N) is 2. The molecule has 0 aliphatic carbocycles. The van der Waals surface area contributed by atoms with Crippen LogP contribution in [-0.2, 0) is 63.9 Å². The standard InChI is InChI=1S/C54H86ClN11O15/c1-13-28(5)44(58-26-67)51(77)63-46-33(10)81-53(79)43(27(3)4)61-42(73)25-57-49(75)37(22-34-18-16-15-17-19-34)60-52(78)45(32(9)68)62-50(76)36(20-21-40(56)71)59-48(74)35(30(7)31(8)55)23-39(70)47(29(6)14-2)65(11)54(80)66(12)64-41(72)24-38(46)69/h15-19,26-33,35-38,43-47,68-69H,13-14,20-25H2,1-12H3,(H2,56,71)(H,57,75)(H,58,67)(H,59,74)(H,60,78)(H,61,73)(H,62,76)(H,63,77)(H,64,72). The Balaban J connectivity index is 2.85. The fourth-order valence-electron chi connectivity index (χ4n) is 9.01. The number of carbonyl (C=O) groups is 12. The normalized spacial score (nSPS) is 26.6. The molecule has 0 aromatic heterocycles. The summed E-state index contributed by atoms with van der Waals surface area (Å²) in [4.78, 5) is 165. The number of aliphatic hydroxyl groups is 2. The number of likely N-dealkylation sites (N-methyl/N-ethyl adjacent to an activating group) is 1. The van der Waals surface area contributed by atoms with E-state index < -0.39 is 193 Å². The van der Waals surface area contributed by atoms with Crippen LogP contribution in [0.3, 0.4) is 0 Å². The van der Waals surface area contributed by atoms with E-state index in [1.54, 1.807) is 85.7 Å². The van der Waals surface area contributed by atoms with Gasteiger partial charge < -0.3 is 62.8 Å². The first kappa shape index (κ1) is 70.2. The Morgan fingerprint density at radius 3 is 1.99 bits per heavy atom. The van der Waals surface area contributed by atoms with Crippen LogP contribution < -0.4 is 48.4 Å². The summed E-state index contributed by atoms with van der Waals surface area (Å²) < 4.78 is 5.76. The van der Waals surface area contributed by atoms with Gasteiger partial charge in [-0.1, -0.05) is 91.6 Å². The van der Waals surface area contributed by atoms with Gasteiger partial charge in [0.25, 0.3) is 0 Å². The lowest BCUT2D eigenvalue weighted by molar-refractivity contribution is -0.157. The molecule has 0 saturated carbocycles. The minimum atomic E-state index is -1.86. The maximum absolute atomic E-state index is 14.6. The molecule has 15 atom stereocenters. The molecule has 0 spiro atoms. The second kappa shape index (κ2) is 33.7. The van der Waals surface area contributed by atoms with E-state index in [1.807, 2.05) is 0 Å². The van der Waals surface area contributed by atoms with Gasteiger partial charge in [0.05, 0.1) is 37.3 Å². The number of nitrogens with one attached hydrogen (secondary N) is 8. The minimum absolute atomic E-state index is 0.180. The molecule has 27 heteroatoms. The van der Waals surface area contributed by atoms with E-state index in [2.05, 4.69) is 42.6 Å². The summed E-state index contributed by atoms with van der Waals surface area (Å²) in [5.74, 6) is -13.0. The lowest BCUT2D eigenvalue weighted by atomic mass is 9.82. The van der Waals surface area contributed by atoms with Crippen molar-refractivity contribution in [1.29, 1.82) is 0 Å². The molecule has 1 heterocycles. The number of ketones is 1. The molecule has 15 unspecified atom stereocenters. The first-order chi connectivity index (χ1) is 37.9. The van der Waals surface area contributed by atoms with E-state index in [-0.39, 0.29) is 6.42 Å². The van der Waals surface area contributed by atoms with Crippen molar-refractivity contribution in [1.82, 2.24) is 52.6 Å². The summed E-state index contributed by atoms with van der Waals surface area (Å²) in [7, 11) is 2.46. The van der Waals surface area contributed by atoms with Crippen molar-refractivity contribution < 1.29 is 72.5 Å². The number of alkyl halides is 1. The smallest absolute Gasteiger partial charge is 0.338 e. The van der Waals surface area contributed by atoms with Gasteiger partial charge in [-0.05, 0) is 56.4 Å². The van der Waals surface area contributed by atoms with Crippen molar-refractivity contribution in [2.45, 2.75) is 180 Å². The first-order valence-electron chi connectivity index (χ1n) is 27.2. The Bertz CT molecular complexity index is 2350. The molecule has 81 heavy (non-hydrogen) atoms. The molecule has 1 fully saturated rings. The molecular weight excluding hydrogens is 1080 g/mol. The number of halogens is 1. The van der Waals surface area contributed by atoms with E-state index in [9.17, 15) is 67.7 Å². The molecule has 1 aromatic rings. The van der Waals surface area contributed by atoms with Gasteiger partial charge in [-0.2, -0.15) is 0 Å². The number of rotatable bonds is 17. The van der Waals surface area contributed by atoms with Crippen LogP contribution in [0.15, 0.2) is 30.3 Å². The van der Waals surface area contributed by atoms with Crippen molar-refractivity contribution in [3.63, 3.8) is 0 Å². The second-order valence-corrected chi connectivity index (χ2v) is 22.0. The fourth-order valence-corrected chi connectivity index (χ4v) is 9.19. The molecule has 1 aliphatic heterocycles. The fraction of sp³-hybridized carbons (Fsp3) is 0.667. The number of hydrazine groups is 1. The molecule has 1 aromatic carbocycles. The molecule has 0 radical (unpaired) electrons. The molecule has 0 bridgehead atoms. The van der Waals surface area contributed by atoms with Crippen LogP contribution in [0.1, 0.15) is 113 Å². The van der Waals surface area contributed by atoms with Crippen LogP contribution in [-0.4, -0.2) is 178 Å². The van der Waals surface area contributed by atoms with Crippen molar-refractivity contribution in [3.05, 3.63) is 35.9 Å². The Kier molecular flexibility index (Phi) is 29.2. The number of aliphatic hydroxyl groups excluding tert-OH is 2. The lowest BCUT2D eigenvalue weighted by Gasteiger charge is -2.36. The predicted molar refractivity (Wildman–Crippen MR) is 296 cm³/mol. The van der Waals surface area contributed by atoms with Crippen LogP contribution in [0.4, 0.5) is 4.79 Å². The van der Waals surface area contributed by atoms with Crippen molar-refractivity contribution in [2.75, 3.05) is 20.6 Å². The van der Waals surface area contributed by atoms with Crippen molar-refractivity contribution in [3.8, 4) is 0 Å². The number of benzene rings is 1. The SMILES string of the molecule is CCC(C)C(NC=O)C(=O)NC1C(O)CC(=O)NN(C)C(=O)N(C)C(C(C)CC)C(=O)CC(C(C)C(C)Cl)C(=O)NC(CCC(N)=O)C(=O)NC(C(C)O)C(=O)NC(Cc2ccccc2)C(=O)NCC(=O)NC(C(C)C)C(=O)OC1C. The quantitative estimate of drug-likeness (QED) is 0.0517. The summed E-state index contributed by atoms with van der Waals surface area (Å²) in [6.45, 7) is 14.9. The zero-order chi connectivity index (χ0) is 61.6. The summed E-state index contributed by atoms with van der Waals surface area (Å²) in [5, 5.41) is 40.0. The highest BCUT2D eigenvalue weighted by Crippen LogP contribution is 2.28. The Labute approximate surface area is 478 Å².